The number of hydrogen-bond donors (Lipinski definition) is 0. The van der Waals surface area contributed by atoms with Gasteiger partial charge in [0.15, 0.2) is 0 Å². The van der Waals surface area contributed by atoms with E-state index in [1.807, 2.05) is 24.3 Å². The summed E-state index contributed by atoms with van der Waals surface area (Å²) in [6, 6.07) is 25.2. The van der Waals surface area contributed by atoms with Crippen LogP contribution in [0, 0.1) is 0 Å². The van der Waals surface area contributed by atoms with Gasteiger partial charge < -0.3 is 14.7 Å². The Morgan fingerprint density at radius 3 is 1.61 bits per heavy atom. The van der Waals surface area contributed by atoms with Crippen LogP contribution in [0.4, 0.5) is 0 Å². The van der Waals surface area contributed by atoms with Gasteiger partial charge in [-0.1, -0.05) is 111 Å². The Bertz CT molecular complexity index is 1050. The van der Waals surface area contributed by atoms with Crippen molar-refractivity contribution >= 4 is 18.2 Å². The Labute approximate surface area is 220 Å². The quantitative estimate of drug-likeness (QED) is 0.319. The zero-order valence-electron chi connectivity index (χ0n) is 23.2. The molecule has 3 aromatic carbocycles. The van der Waals surface area contributed by atoms with Crippen LogP contribution < -0.4 is 0 Å². The van der Waals surface area contributed by atoms with Crippen LogP contribution in [0.2, 0.25) is 0 Å². The van der Waals surface area contributed by atoms with Gasteiger partial charge in [0.25, 0.3) is 0 Å². The van der Waals surface area contributed by atoms with Gasteiger partial charge in [0.05, 0.1) is 0 Å². The maximum atomic E-state index is 3.78. The largest absolute Gasteiger partial charge is 0.305 e. The van der Waals surface area contributed by atoms with E-state index in [0.29, 0.717) is 0 Å². The van der Waals surface area contributed by atoms with Gasteiger partial charge in [0, 0.05) is 19.6 Å². The first kappa shape index (κ1) is 30.8. The molecule has 0 aliphatic carbocycles. The third-order valence-corrected chi connectivity index (χ3v) is 5.16. The molecule has 0 aliphatic rings. The smallest absolute Gasteiger partial charge is 0.0233 e. The average molecular weight is 484 g/mol. The van der Waals surface area contributed by atoms with E-state index >= 15 is 0 Å². The van der Waals surface area contributed by atoms with Gasteiger partial charge in [0.1, 0.15) is 0 Å². The molecule has 0 spiro atoms. The van der Waals surface area contributed by atoms with Crippen molar-refractivity contribution in [3.05, 3.63) is 126 Å². The molecule has 0 atom stereocenters. The van der Waals surface area contributed by atoms with Gasteiger partial charge in [-0.15, -0.1) is 0 Å². The van der Waals surface area contributed by atoms with Gasteiger partial charge in [-0.05, 0) is 75.7 Å². The molecule has 0 saturated heterocycles. The summed E-state index contributed by atoms with van der Waals surface area (Å²) in [5.41, 5.74) is 7.60. The van der Waals surface area contributed by atoms with Gasteiger partial charge in [-0.25, -0.2) is 0 Å². The molecule has 0 aliphatic heterocycles. The third kappa shape index (κ3) is 13.0. The molecule has 0 bridgehead atoms. The predicted octanol–water partition coefficient (Wildman–Crippen LogP) is 7.17. The SMILES string of the molecule is C=Cc1ccc(CN(C)C)cc1.C=Cc1cccc(CN(C)C)c1.C=Cc1ccccc1CN(C)C. The summed E-state index contributed by atoms with van der Waals surface area (Å²) in [5, 5.41) is 0. The van der Waals surface area contributed by atoms with Crippen LogP contribution in [0.3, 0.4) is 0 Å². The Balaban J connectivity index is 0.000000270. The molecule has 192 valence electrons. The number of nitrogens with zero attached hydrogens (tertiary/aromatic N) is 3. The van der Waals surface area contributed by atoms with E-state index < -0.39 is 0 Å². The molecule has 3 rings (SSSR count). The number of rotatable bonds is 9. The Morgan fingerprint density at radius 2 is 1.08 bits per heavy atom. The summed E-state index contributed by atoms with van der Waals surface area (Å²) in [4.78, 5) is 6.47. The molecule has 3 heteroatoms. The summed E-state index contributed by atoms with van der Waals surface area (Å²) in [7, 11) is 12.4. The summed E-state index contributed by atoms with van der Waals surface area (Å²) in [6.45, 7) is 14.2. The first-order valence-corrected chi connectivity index (χ1v) is 12.3. The Hall–Kier alpha value is -3.24. The van der Waals surface area contributed by atoms with Crippen molar-refractivity contribution in [2.24, 2.45) is 0 Å². The van der Waals surface area contributed by atoms with Crippen LogP contribution in [-0.2, 0) is 19.6 Å². The molecule has 36 heavy (non-hydrogen) atoms. The lowest BCUT2D eigenvalue weighted by atomic mass is 10.1. The number of benzene rings is 3. The zero-order valence-corrected chi connectivity index (χ0v) is 23.2. The van der Waals surface area contributed by atoms with Crippen LogP contribution in [0.5, 0.6) is 0 Å². The summed E-state index contributed by atoms with van der Waals surface area (Å²) >= 11 is 0. The van der Waals surface area contributed by atoms with Crippen LogP contribution in [0.15, 0.2) is 92.5 Å². The standard InChI is InChI=1S/3C11H15N/c1-4-10-5-7-11(8-6-10)9-12(2)3;1-4-10-6-5-7-11(8-10)9-12(2)3;1-4-10-7-5-6-8-11(10)9-12(2)3/h3*4-8H,1,9H2,2-3H3. The van der Waals surface area contributed by atoms with Crippen LogP contribution in [-0.4, -0.2) is 57.0 Å². The monoisotopic (exact) mass is 483 g/mol. The summed E-state index contributed by atoms with van der Waals surface area (Å²) < 4.78 is 0. The van der Waals surface area contributed by atoms with Gasteiger partial charge in [-0.3, -0.25) is 0 Å². The lowest BCUT2D eigenvalue weighted by molar-refractivity contribution is 0.402. The molecule has 0 heterocycles. The van der Waals surface area contributed by atoms with Crippen molar-refractivity contribution in [3.63, 3.8) is 0 Å². The van der Waals surface area contributed by atoms with E-state index in [1.54, 1.807) is 0 Å². The topological polar surface area (TPSA) is 9.72 Å². The van der Waals surface area contributed by atoms with Crippen molar-refractivity contribution in [1.29, 1.82) is 0 Å². The predicted molar refractivity (Wildman–Crippen MR) is 162 cm³/mol. The Morgan fingerprint density at radius 1 is 0.528 bits per heavy atom. The van der Waals surface area contributed by atoms with E-state index in [9.17, 15) is 0 Å². The minimum absolute atomic E-state index is 0.974. The fourth-order valence-corrected chi connectivity index (χ4v) is 3.53. The summed E-state index contributed by atoms with van der Waals surface area (Å²) in [5.74, 6) is 0. The van der Waals surface area contributed by atoms with E-state index in [2.05, 4.69) is 143 Å². The molecule has 0 fully saturated rings. The molecule has 3 nitrogen and oxygen atoms in total. The molecule has 0 amide bonds. The normalized spacial score (nSPS) is 10.2. The first-order chi connectivity index (χ1) is 17.2. The first-order valence-electron chi connectivity index (χ1n) is 12.3. The number of hydrogen-bond acceptors (Lipinski definition) is 3. The highest BCUT2D eigenvalue weighted by molar-refractivity contribution is 5.51. The summed E-state index contributed by atoms with van der Waals surface area (Å²) in [6.07, 6.45) is 5.64. The van der Waals surface area contributed by atoms with E-state index in [1.165, 1.54) is 33.4 Å². The maximum absolute atomic E-state index is 3.78. The second-order valence-corrected chi connectivity index (χ2v) is 9.51. The molecule has 0 N–H and O–H groups in total. The second-order valence-electron chi connectivity index (χ2n) is 9.51. The second kappa shape index (κ2) is 17.2. The van der Waals surface area contributed by atoms with E-state index in [4.69, 9.17) is 0 Å². The average Bonchev–Trinajstić information content (AvgIpc) is 2.85. The Kier molecular flexibility index (Phi) is 14.7. The van der Waals surface area contributed by atoms with Crippen LogP contribution in [0.25, 0.3) is 18.2 Å². The highest BCUT2D eigenvalue weighted by atomic mass is 15.1. The van der Waals surface area contributed by atoms with Crippen molar-refractivity contribution in [2.45, 2.75) is 19.6 Å². The van der Waals surface area contributed by atoms with E-state index in [-0.39, 0.29) is 0 Å². The highest BCUT2D eigenvalue weighted by Crippen LogP contribution is 2.11. The highest BCUT2D eigenvalue weighted by Gasteiger charge is 1.98. The molecule has 0 radical (unpaired) electrons. The maximum Gasteiger partial charge on any atom is 0.0233 e. The van der Waals surface area contributed by atoms with Crippen molar-refractivity contribution in [3.8, 4) is 0 Å². The third-order valence-electron chi connectivity index (χ3n) is 5.16. The fraction of sp³-hybridized carbons (Fsp3) is 0.273. The molecule has 0 unspecified atom stereocenters. The van der Waals surface area contributed by atoms with Crippen molar-refractivity contribution in [1.82, 2.24) is 14.7 Å². The fourth-order valence-electron chi connectivity index (χ4n) is 3.53. The van der Waals surface area contributed by atoms with Crippen LogP contribution in [0.1, 0.15) is 33.4 Å². The van der Waals surface area contributed by atoms with Gasteiger partial charge in [-0.2, -0.15) is 0 Å². The zero-order chi connectivity index (χ0) is 26.9. The molecular weight excluding hydrogens is 438 g/mol. The van der Waals surface area contributed by atoms with Gasteiger partial charge in [0.2, 0.25) is 0 Å². The molecule has 3 aromatic rings. The van der Waals surface area contributed by atoms with E-state index in [0.717, 1.165) is 19.6 Å². The lowest BCUT2D eigenvalue weighted by Gasteiger charge is -2.11. The van der Waals surface area contributed by atoms with Crippen molar-refractivity contribution in [2.75, 3.05) is 42.3 Å². The van der Waals surface area contributed by atoms with Crippen molar-refractivity contribution < 1.29 is 0 Å². The molecular formula is C33H45N3. The minimum atomic E-state index is 0.974. The lowest BCUT2D eigenvalue weighted by Crippen LogP contribution is -2.11. The van der Waals surface area contributed by atoms with Gasteiger partial charge >= 0.3 is 0 Å². The molecule has 0 saturated carbocycles. The van der Waals surface area contributed by atoms with Crippen LogP contribution >= 0.6 is 0 Å². The minimum Gasteiger partial charge on any atom is -0.305 e. The molecule has 0 aromatic heterocycles.